The first kappa shape index (κ1) is 9.06. The van der Waals surface area contributed by atoms with Crippen molar-refractivity contribution in [1.82, 2.24) is 0 Å². The van der Waals surface area contributed by atoms with Crippen LogP contribution >= 0.6 is 0 Å². The lowest BCUT2D eigenvalue weighted by molar-refractivity contribution is -0.108. The van der Waals surface area contributed by atoms with Gasteiger partial charge in [0.2, 0.25) is 0 Å². The van der Waals surface area contributed by atoms with E-state index in [1.807, 2.05) is 18.2 Å². The second-order valence-corrected chi connectivity index (χ2v) is 3.40. The van der Waals surface area contributed by atoms with Crippen LogP contribution in [0.2, 0.25) is 0 Å². The van der Waals surface area contributed by atoms with Crippen molar-refractivity contribution in [3.05, 3.63) is 23.8 Å². The molecule has 0 saturated carbocycles. The number of para-hydroxylation sites is 1. The Morgan fingerprint density at radius 1 is 1.64 bits per heavy atom. The molecule has 1 aliphatic heterocycles. The highest BCUT2D eigenvalue weighted by molar-refractivity contribution is 5.68. The van der Waals surface area contributed by atoms with Crippen LogP contribution < -0.4 is 10.1 Å². The van der Waals surface area contributed by atoms with Crippen molar-refractivity contribution in [2.24, 2.45) is 0 Å². The van der Waals surface area contributed by atoms with Crippen molar-refractivity contribution in [3.8, 4) is 5.75 Å². The van der Waals surface area contributed by atoms with Gasteiger partial charge in [-0.05, 0) is 11.6 Å². The number of aldehydes is 1. The molecule has 1 aliphatic rings. The Morgan fingerprint density at radius 2 is 2.50 bits per heavy atom. The summed E-state index contributed by atoms with van der Waals surface area (Å²) in [6.07, 6.45) is 1.55. The van der Waals surface area contributed by atoms with Gasteiger partial charge in [-0.3, -0.25) is 0 Å². The topological polar surface area (TPSA) is 38.3 Å². The monoisotopic (exact) mass is 191 g/mol. The van der Waals surface area contributed by atoms with Crippen molar-refractivity contribution in [2.45, 2.75) is 12.3 Å². The Labute approximate surface area is 83.1 Å². The molecule has 0 aliphatic carbocycles. The van der Waals surface area contributed by atoms with Crippen LogP contribution in [0.4, 0.5) is 5.69 Å². The lowest BCUT2D eigenvalue weighted by Gasteiger charge is -2.07. The maximum Gasteiger partial charge on any atom is 0.142 e. The summed E-state index contributed by atoms with van der Waals surface area (Å²) in [4.78, 5) is 10.5. The number of anilines is 1. The molecule has 0 fully saturated rings. The van der Waals surface area contributed by atoms with Crippen molar-refractivity contribution in [2.75, 3.05) is 19.0 Å². The van der Waals surface area contributed by atoms with Crippen LogP contribution in [0.3, 0.4) is 0 Å². The maximum atomic E-state index is 10.5. The number of ether oxygens (including phenoxy) is 1. The second kappa shape index (κ2) is 3.70. The van der Waals surface area contributed by atoms with Crippen LogP contribution in [0, 0.1) is 0 Å². The molecule has 1 atom stereocenters. The second-order valence-electron chi connectivity index (χ2n) is 3.40. The number of methoxy groups -OCH3 is 1. The van der Waals surface area contributed by atoms with Crippen LogP contribution in [0.15, 0.2) is 18.2 Å². The summed E-state index contributed by atoms with van der Waals surface area (Å²) in [5.74, 6) is 1.16. The minimum atomic E-state index is 0.303. The van der Waals surface area contributed by atoms with E-state index < -0.39 is 0 Å². The molecule has 74 valence electrons. The molecule has 0 spiro atoms. The fourth-order valence-electron chi connectivity index (χ4n) is 1.91. The van der Waals surface area contributed by atoms with E-state index in [0.29, 0.717) is 12.3 Å². The average molecular weight is 191 g/mol. The zero-order valence-electron chi connectivity index (χ0n) is 8.12. The minimum Gasteiger partial charge on any atom is -0.495 e. The molecule has 3 heteroatoms. The van der Waals surface area contributed by atoms with Gasteiger partial charge in [0.1, 0.15) is 12.0 Å². The summed E-state index contributed by atoms with van der Waals surface area (Å²) >= 11 is 0. The molecular formula is C11H13NO2. The third-order valence-electron chi connectivity index (χ3n) is 2.62. The standard InChI is InChI=1S/C11H13NO2/c1-14-10-4-2-3-9-8(5-6-13)7-12-11(9)10/h2-4,6,8,12H,5,7H2,1H3. The first-order valence-corrected chi connectivity index (χ1v) is 4.71. The third kappa shape index (κ3) is 1.35. The number of hydrogen-bond donors (Lipinski definition) is 1. The number of hydrogen-bond acceptors (Lipinski definition) is 3. The molecule has 1 heterocycles. The van der Waals surface area contributed by atoms with E-state index in [-0.39, 0.29) is 0 Å². The van der Waals surface area contributed by atoms with Crippen LogP contribution in [-0.4, -0.2) is 19.9 Å². The smallest absolute Gasteiger partial charge is 0.142 e. The number of benzene rings is 1. The third-order valence-corrected chi connectivity index (χ3v) is 2.62. The molecule has 3 nitrogen and oxygen atoms in total. The fourth-order valence-corrected chi connectivity index (χ4v) is 1.91. The summed E-state index contributed by atoms with van der Waals surface area (Å²) in [5.41, 5.74) is 2.23. The maximum absolute atomic E-state index is 10.5. The van der Waals surface area contributed by atoms with Crippen LogP contribution in [0.1, 0.15) is 17.9 Å². The van der Waals surface area contributed by atoms with Gasteiger partial charge in [0.15, 0.2) is 0 Å². The Balaban J connectivity index is 2.36. The SMILES string of the molecule is COc1cccc2c1NCC2CC=O. The molecule has 0 aromatic heterocycles. The van der Waals surface area contributed by atoms with Crippen LogP contribution in [0.25, 0.3) is 0 Å². The zero-order chi connectivity index (χ0) is 9.97. The summed E-state index contributed by atoms with van der Waals surface area (Å²) < 4.78 is 5.23. The number of rotatable bonds is 3. The summed E-state index contributed by atoms with van der Waals surface area (Å²) in [5, 5.41) is 3.27. The molecule has 1 aromatic carbocycles. The zero-order valence-corrected chi connectivity index (χ0v) is 8.12. The number of carbonyl (C=O) groups is 1. The molecule has 0 bridgehead atoms. The van der Waals surface area contributed by atoms with Gasteiger partial charge in [0.05, 0.1) is 12.8 Å². The minimum absolute atomic E-state index is 0.303. The Kier molecular flexibility index (Phi) is 2.39. The molecular weight excluding hydrogens is 178 g/mol. The highest BCUT2D eigenvalue weighted by Crippen LogP contribution is 2.39. The first-order valence-electron chi connectivity index (χ1n) is 4.71. The lowest BCUT2D eigenvalue weighted by atomic mass is 9.98. The van der Waals surface area contributed by atoms with E-state index in [1.54, 1.807) is 7.11 Å². The molecule has 0 amide bonds. The molecule has 2 rings (SSSR count). The van der Waals surface area contributed by atoms with E-state index in [1.165, 1.54) is 5.56 Å². The molecule has 1 aromatic rings. The van der Waals surface area contributed by atoms with E-state index in [0.717, 1.165) is 24.3 Å². The highest BCUT2D eigenvalue weighted by Gasteiger charge is 2.23. The Bertz CT molecular complexity index is 349. The summed E-state index contributed by atoms with van der Waals surface area (Å²) in [6, 6.07) is 5.93. The number of fused-ring (bicyclic) bond motifs is 1. The van der Waals surface area contributed by atoms with Gasteiger partial charge in [-0.1, -0.05) is 12.1 Å². The quantitative estimate of drug-likeness (QED) is 0.740. The van der Waals surface area contributed by atoms with Gasteiger partial charge in [-0.15, -0.1) is 0 Å². The van der Waals surface area contributed by atoms with Gasteiger partial charge < -0.3 is 14.8 Å². The van der Waals surface area contributed by atoms with Crippen molar-refractivity contribution in [3.63, 3.8) is 0 Å². The molecule has 1 unspecified atom stereocenters. The van der Waals surface area contributed by atoms with Crippen molar-refractivity contribution >= 4 is 12.0 Å². The molecule has 14 heavy (non-hydrogen) atoms. The van der Waals surface area contributed by atoms with E-state index in [4.69, 9.17) is 4.74 Å². The first-order chi connectivity index (χ1) is 6.86. The average Bonchev–Trinajstić information content (AvgIpc) is 2.62. The van der Waals surface area contributed by atoms with E-state index >= 15 is 0 Å². The van der Waals surface area contributed by atoms with Gasteiger partial charge >= 0.3 is 0 Å². The predicted octanol–water partition coefficient (Wildman–Crippen LogP) is 1.79. The fraction of sp³-hybridized carbons (Fsp3) is 0.364. The Hall–Kier alpha value is -1.51. The van der Waals surface area contributed by atoms with Crippen LogP contribution in [0.5, 0.6) is 5.75 Å². The van der Waals surface area contributed by atoms with Gasteiger partial charge in [0, 0.05) is 18.9 Å². The number of nitrogens with one attached hydrogen (secondary N) is 1. The van der Waals surface area contributed by atoms with Crippen LogP contribution in [-0.2, 0) is 4.79 Å². The van der Waals surface area contributed by atoms with E-state index in [2.05, 4.69) is 5.32 Å². The van der Waals surface area contributed by atoms with E-state index in [9.17, 15) is 4.79 Å². The molecule has 1 N–H and O–H groups in total. The van der Waals surface area contributed by atoms with Crippen molar-refractivity contribution in [1.29, 1.82) is 0 Å². The number of carbonyl (C=O) groups excluding carboxylic acids is 1. The van der Waals surface area contributed by atoms with Crippen molar-refractivity contribution < 1.29 is 9.53 Å². The lowest BCUT2D eigenvalue weighted by Crippen LogP contribution is -2.01. The highest BCUT2D eigenvalue weighted by atomic mass is 16.5. The summed E-state index contributed by atoms with van der Waals surface area (Å²) in [7, 11) is 1.66. The summed E-state index contributed by atoms with van der Waals surface area (Å²) in [6.45, 7) is 0.828. The van der Waals surface area contributed by atoms with Gasteiger partial charge in [-0.2, -0.15) is 0 Å². The molecule has 0 radical (unpaired) electrons. The Morgan fingerprint density at radius 3 is 3.21 bits per heavy atom. The normalized spacial score (nSPS) is 18.5. The van der Waals surface area contributed by atoms with Gasteiger partial charge in [0.25, 0.3) is 0 Å². The van der Waals surface area contributed by atoms with Gasteiger partial charge in [-0.25, -0.2) is 0 Å². The predicted molar refractivity (Wildman–Crippen MR) is 54.9 cm³/mol. The molecule has 0 saturated heterocycles. The largest absolute Gasteiger partial charge is 0.495 e.